The van der Waals surface area contributed by atoms with Crippen LogP contribution in [0, 0.1) is 0 Å². The molecule has 2 amide bonds. The number of carbonyl (C=O) groups excluding carboxylic acids is 2. The van der Waals surface area contributed by atoms with E-state index in [1.54, 1.807) is 17.3 Å². The second-order valence-electron chi connectivity index (χ2n) is 8.23. The van der Waals surface area contributed by atoms with Crippen LogP contribution in [0.25, 0.3) is 22.3 Å². The summed E-state index contributed by atoms with van der Waals surface area (Å²) in [4.78, 5) is 40.4. The highest BCUT2D eigenvalue weighted by Gasteiger charge is 2.28. The number of amides is 2. The standard InChI is InChI=1S/C24H21N7O2/c1-30-11-8-15-14(7-9-25-23(15)30)22-16-12-27-24(33)21(16)17(13-26-22)28-18-4-2-5-19(29-18)31-10-3-6-20(31)32/h2,4-5,7-9,11,13H,3,6,10,12H2,1H3,(H,27,33)(H,28,29). The molecule has 6 heterocycles. The van der Waals surface area contributed by atoms with Crippen molar-refractivity contribution in [3.63, 3.8) is 0 Å². The normalized spacial score (nSPS) is 15.2. The Labute approximate surface area is 189 Å². The molecule has 0 spiro atoms. The number of hydrogen-bond acceptors (Lipinski definition) is 6. The molecule has 1 saturated heterocycles. The van der Waals surface area contributed by atoms with Gasteiger partial charge in [0.2, 0.25) is 5.91 Å². The van der Waals surface area contributed by atoms with Crippen molar-refractivity contribution in [2.45, 2.75) is 19.4 Å². The fraction of sp³-hybridized carbons (Fsp3) is 0.208. The number of carbonyl (C=O) groups is 2. The molecule has 0 saturated carbocycles. The molecular formula is C24H21N7O2. The van der Waals surface area contributed by atoms with Gasteiger partial charge >= 0.3 is 0 Å². The van der Waals surface area contributed by atoms with Crippen LogP contribution >= 0.6 is 0 Å². The third kappa shape index (κ3) is 3.12. The number of anilines is 3. The number of aromatic nitrogens is 4. The van der Waals surface area contributed by atoms with E-state index in [-0.39, 0.29) is 11.8 Å². The quantitative estimate of drug-likeness (QED) is 0.506. The van der Waals surface area contributed by atoms with Gasteiger partial charge in [0.25, 0.3) is 5.91 Å². The minimum Gasteiger partial charge on any atom is -0.348 e. The molecule has 2 aliphatic rings. The molecule has 4 aromatic rings. The Morgan fingerprint density at radius 2 is 2.03 bits per heavy atom. The zero-order valence-electron chi connectivity index (χ0n) is 18.0. The Balaban J connectivity index is 1.41. The van der Waals surface area contributed by atoms with Gasteiger partial charge in [-0.15, -0.1) is 0 Å². The third-order valence-corrected chi connectivity index (χ3v) is 6.20. The summed E-state index contributed by atoms with van der Waals surface area (Å²) < 4.78 is 1.96. The molecule has 6 rings (SSSR count). The Hall–Kier alpha value is -4.27. The molecule has 0 bridgehead atoms. The van der Waals surface area contributed by atoms with Crippen molar-refractivity contribution in [3.05, 3.63) is 60.0 Å². The van der Waals surface area contributed by atoms with Crippen molar-refractivity contribution >= 4 is 40.2 Å². The summed E-state index contributed by atoms with van der Waals surface area (Å²) in [6, 6.07) is 9.42. The number of fused-ring (bicyclic) bond motifs is 2. The summed E-state index contributed by atoms with van der Waals surface area (Å²) in [5.74, 6) is 1.09. The molecule has 0 radical (unpaired) electrons. The number of rotatable bonds is 4. The first-order chi connectivity index (χ1) is 16.1. The Morgan fingerprint density at radius 1 is 1.12 bits per heavy atom. The maximum Gasteiger partial charge on any atom is 0.254 e. The lowest BCUT2D eigenvalue weighted by Crippen LogP contribution is -2.24. The fourth-order valence-corrected chi connectivity index (χ4v) is 4.61. The predicted molar refractivity (Wildman–Crippen MR) is 124 cm³/mol. The van der Waals surface area contributed by atoms with Crippen LogP contribution in [0.15, 0.2) is 48.9 Å². The van der Waals surface area contributed by atoms with Crippen molar-refractivity contribution in [3.8, 4) is 11.3 Å². The van der Waals surface area contributed by atoms with Gasteiger partial charge in [0, 0.05) is 55.5 Å². The molecule has 0 aromatic carbocycles. The van der Waals surface area contributed by atoms with Gasteiger partial charge in [-0.3, -0.25) is 19.5 Å². The van der Waals surface area contributed by atoms with Crippen molar-refractivity contribution in [1.82, 2.24) is 24.8 Å². The first-order valence-corrected chi connectivity index (χ1v) is 10.8. The highest BCUT2D eigenvalue weighted by molar-refractivity contribution is 6.06. The second kappa shape index (κ2) is 7.40. The summed E-state index contributed by atoms with van der Waals surface area (Å²) in [6.45, 7) is 1.07. The molecule has 164 valence electrons. The van der Waals surface area contributed by atoms with E-state index in [9.17, 15) is 9.59 Å². The Morgan fingerprint density at radius 3 is 2.88 bits per heavy atom. The molecule has 0 aliphatic carbocycles. The number of pyridine rings is 3. The smallest absolute Gasteiger partial charge is 0.254 e. The molecule has 4 aromatic heterocycles. The average Bonchev–Trinajstić information content (AvgIpc) is 3.54. The summed E-state index contributed by atoms with van der Waals surface area (Å²) in [5.41, 5.74) is 4.54. The maximum atomic E-state index is 12.8. The van der Waals surface area contributed by atoms with Crippen LogP contribution in [-0.4, -0.2) is 37.9 Å². The monoisotopic (exact) mass is 439 g/mol. The molecule has 2 aliphatic heterocycles. The largest absolute Gasteiger partial charge is 0.348 e. The summed E-state index contributed by atoms with van der Waals surface area (Å²) in [6.07, 6.45) is 6.77. The van der Waals surface area contributed by atoms with Gasteiger partial charge in [0.1, 0.15) is 17.3 Å². The Kier molecular flexibility index (Phi) is 4.36. The van der Waals surface area contributed by atoms with Gasteiger partial charge < -0.3 is 15.2 Å². The van der Waals surface area contributed by atoms with Crippen LogP contribution in [0.2, 0.25) is 0 Å². The van der Waals surface area contributed by atoms with E-state index in [1.807, 2.05) is 48.1 Å². The van der Waals surface area contributed by atoms with E-state index < -0.39 is 0 Å². The molecule has 0 atom stereocenters. The Bertz CT molecular complexity index is 1440. The lowest BCUT2D eigenvalue weighted by Gasteiger charge is -2.16. The number of hydrogen-bond donors (Lipinski definition) is 2. The van der Waals surface area contributed by atoms with Gasteiger partial charge in [-0.05, 0) is 30.7 Å². The highest BCUT2D eigenvalue weighted by Crippen LogP contribution is 2.36. The van der Waals surface area contributed by atoms with Crippen LogP contribution in [0.4, 0.5) is 17.3 Å². The molecule has 0 unspecified atom stereocenters. The maximum absolute atomic E-state index is 12.8. The predicted octanol–water partition coefficient (Wildman–Crippen LogP) is 3.14. The van der Waals surface area contributed by atoms with E-state index in [4.69, 9.17) is 4.98 Å². The van der Waals surface area contributed by atoms with Crippen LogP contribution in [0.1, 0.15) is 28.8 Å². The zero-order chi connectivity index (χ0) is 22.5. The summed E-state index contributed by atoms with van der Waals surface area (Å²) in [7, 11) is 1.95. The summed E-state index contributed by atoms with van der Waals surface area (Å²) in [5, 5.41) is 7.15. The molecule has 9 heteroatoms. The average molecular weight is 439 g/mol. The fourth-order valence-electron chi connectivity index (χ4n) is 4.61. The topological polar surface area (TPSA) is 105 Å². The van der Waals surface area contributed by atoms with Crippen molar-refractivity contribution in [2.24, 2.45) is 7.05 Å². The van der Waals surface area contributed by atoms with Gasteiger partial charge in [0.05, 0.1) is 23.1 Å². The van der Waals surface area contributed by atoms with E-state index >= 15 is 0 Å². The molecule has 9 nitrogen and oxygen atoms in total. The van der Waals surface area contributed by atoms with E-state index in [1.165, 1.54) is 0 Å². The van der Waals surface area contributed by atoms with Crippen molar-refractivity contribution in [1.29, 1.82) is 0 Å². The molecule has 2 N–H and O–H groups in total. The third-order valence-electron chi connectivity index (χ3n) is 6.20. The van der Waals surface area contributed by atoms with Crippen LogP contribution in [0.5, 0.6) is 0 Å². The lowest BCUT2D eigenvalue weighted by molar-refractivity contribution is -0.117. The number of nitrogens with zero attached hydrogens (tertiary/aromatic N) is 5. The summed E-state index contributed by atoms with van der Waals surface area (Å²) >= 11 is 0. The minimum absolute atomic E-state index is 0.0792. The number of nitrogens with one attached hydrogen (secondary N) is 2. The van der Waals surface area contributed by atoms with Crippen LogP contribution in [-0.2, 0) is 18.4 Å². The van der Waals surface area contributed by atoms with Gasteiger partial charge in [-0.25, -0.2) is 9.97 Å². The van der Waals surface area contributed by atoms with Crippen LogP contribution in [0.3, 0.4) is 0 Å². The SMILES string of the molecule is Cn1ccc2c(-c3ncc(Nc4cccc(N5CCCC5=O)n4)c4c3CNC4=O)ccnc21. The minimum atomic E-state index is -0.152. The van der Waals surface area contributed by atoms with Gasteiger partial charge in [0.15, 0.2) is 0 Å². The van der Waals surface area contributed by atoms with Crippen LogP contribution < -0.4 is 15.5 Å². The number of aryl methyl sites for hydroxylation is 1. The lowest BCUT2D eigenvalue weighted by atomic mass is 10.0. The van der Waals surface area contributed by atoms with Crippen molar-refractivity contribution in [2.75, 3.05) is 16.8 Å². The zero-order valence-corrected chi connectivity index (χ0v) is 18.0. The first-order valence-electron chi connectivity index (χ1n) is 10.8. The van der Waals surface area contributed by atoms with E-state index in [2.05, 4.69) is 20.6 Å². The van der Waals surface area contributed by atoms with Crippen molar-refractivity contribution < 1.29 is 9.59 Å². The first kappa shape index (κ1) is 19.4. The molecule has 33 heavy (non-hydrogen) atoms. The molecular weight excluding hydrogens is 418 g/mol. The van der Waals surface area contributed by atoms with E-state index in [0.29, 0.717) is 42.4 Å². The van der Waals surface area contributed by atoms with Gasteiger partial charge in [-0.2, -0.15) is 0 Å². The highest BCUT2D eigenvalue weighted by atomic mass is 16.2. The van der Waals surface area contributed by atoms with E-state index in [0.717, 1.165) is 34.3 Å². The van der Waals surface area contributed by atoms with Gasteiger partial charge in [-0.1, -0.05) is 6.07 Å². The second-order valence-corrected chi connectivity index (χ2v) is 8.23. The molecule has 1 fully saturated rings.